The number of fused-ring (bicyclic) bond motifs is 1. The molecule has 1 aliphatic rings. The van der Waals surface area contributed by atoms with Crippen molar-refractivity contribution < 1.29 is 4.79 Å². The zero-order valence-corrected chi connectivity index (χ0v) is 17.6. The first kappa shape index (κ1) is 21.3. The Bertz CT molecular complexity index is 1090. The van der Waals surface area contributed by atoms with E-state index in [1.807, 2.05) is 37.3 Å². The van der Waals surface area contributed by atoms with E-state index in [2.05, 4.69) is 33.4 Å². The predicted molar refractivity (Wildman–Crippen MR) is 124 cm³/mol. The molecule has 6 heteroatoms. The van der Waals surface area contributed by atoms with Crippen molar-refractivity contribution in [3.05, 3.63) is 77.3 Å². The lowest BCUT2D eigenvalue weighted by molar-refractivity contribution is -0.121. The van der Waals surface area contributed by atoms with Gasteiger partial charge in [0.1, 0.15) is 5.69 Å². The van der Waals surface area contributed by atoms with Crippen LogP contribution < -0.4 is 10.9 Å². The van der Waals surface area contributed by atoms with Crippen LogP contribution in [0.15, 0.2) is 76.7 Å². The minimum Gasteiger partial charge on any atom is -0.370 e. The van der Waals surface area contributed by atoms with Crippen LogP contribution in [0.5, 0.6) is 0 Å². The molecule has 1 aliphatic heterocycles. The maximum absolute atomic E-state index is 12.8. The number of rotatable bonds is 6. The van der Waals surface area contributed by atoms with Gasteiger partial charge >= 0.3 is 0 Å². The van der Waals surface area contributed by atoms with Gasteiger partial charge in [0.2, 0.25) is 5.91 Å². The van der Waals surface area contributed by atoms with Crippen LogP contribution >= 0.6 is 0 Å². The van der Waals surface area contributed by atoms with E-state index in [-0.39, 0.29) is 23.1 Å². The molecule has 1 saturated heterocycles. The van der Waals surface area contributed by atoms with Gasteiger partial charge in [-0.15, -0.1) is 0 Å². The van der Waals surface area contributed by atoms with Gasteiger partial charge < -0.3 is 15.2 Å². The molecule has 30 heavy (non-hydrogen) atoms. The Morgan fingerprint density at radius 1 is 1.30 bits per heavy atom. The summed E-state index contributed by atoms with van der Waals surface area (Å²) in [4.78, 5) is 34.5. The summed E-state index contributed by atoms with van der Waals surface area (Å²) < 4.78 is 0. The van der Waals surface area contributed by atoms with Crippen LogP contribution in [0.4, 0.5) is 5.69 Å². The van der Waals surface area contributed by atoms with Gasteiger partial charge in [-0.05, 0) is 43.5 Å². The molecule has 1 fully saturated rings. The molecular weight excluding hydrogens is 376 g/mol. The third-order valence-corrected chi connectivity index (χ3v) is 5.36. The van der Waals surface area contributed by atoms with Crippen molar-refractivity contribution in [2.24, 2.45) is 10.9 Å². The fraction of sp³-hybridized carbons (Fsp3) is 0.292. The first-order chi connectivity index (χ1) is 14.4. The van der Waals surface area contributed by atoms with Gasteiger partial charge in [-0.1, -0.05) is 37.4 Å². The molecule has 1 aromatic carbocycles. The number of amides is 1. The van der Waals surface area contributed by atoms with Crippen molar-refractivity contribution in [1.29, 1.82) is 0 Å². The summed E-state index contributed by atoms with van der Waals surface area (Å²) >= 11 is 0. The van der Waals surface area contributed by atoms with Crippen molar-refractivity contribution in [3.63, 3.8) is 0 Å². The van der Waals surface area contributed by atoms with Crippen LogP contribution in [-0.2, 0) is 4.79 Å². The SMILES string of the molecule is C=C/C=C(\C(=NC)C(=C)C)N1CCC(C(=O)Nc2cc3ccccc3[nH]c2=O)CC1. The van der Waals surface area contributed by atoms with Gasteiger partial charge in [0.25, 0.3) is 5.56 Å². The quantitative estimate of drug-likeness (QED) is 0.566. The number of para-hydroxylation sites is 1. The fourth-order valence-electron chi connectivity index (χ4n) is 3.83. The Labute approximate surface area is 176 Å². The second-order valence-electron chi connectivity index (χ2n) is 7.49. The number of allylic oxidation sites excluding steroid dienone is 3. The number of piperidine rings is 1. The van der Waals surface area contributed by atoms with E-state index >= 15 is 0 Å². The highest BCUT2D eigenvalue weighted by Crippen LogP contribution is 2.24. The number of aromatic nitrogens is 1. The molecule has 0 spiro atoms. The minimum atomic E-state index is -0.291. The lowest BCUT2D eigenvalue weighted by atomic mass is 9.94. The first-order valence-electron chi connectivity index (χ1n) is 10.1. The zero-order chi connectivity index (χ0) is 21.7. The average molecular weight is 405 g/mol. The second-order valence-corrected chi connectivity index (χ2v) is 7.49. The Hall–Kier alpha value is -3.41. The monoisotopic (exact) mass is 404 g/mol. The van der Waals surface area contributed by atoms with Gasteiger partial charge in [0.05, 0.1) is 11.4 Å². The number of aliphatic imine (C=N–C) groups is 1. The molecule has 6 nitrogen and oxygen atoms in total. The minimum absolute atomic E-state index is 0.117. The molecule has 1 aromatic heterocycles. The molecule has 0 unspecified atom stereocenters. The van der Waals surface area contributed by atoms with E-state index in [1.54, 1.807) is 19.2 Å². The molecule has 156 valence electrons. The Morgan fingerprint density at radius 2 is 2.00 bits per heavy atom. The highest BCUT2D eigenvalue weighted by atomic mass is 16.2. The summed E-state index contributed by atoms with van der Waals surface area (Å²) in [5.74, 6) is -0.266. The number of H-pyrrole nitrogens is 1. The van der Waals surface area contributed by atoms with Crippen LogP contribution in [0.25, 0.3) is 10.9 Å². The number of hydrogen-bond donors (Lipinski definition) is 2. The molecule has 0 aliphatic carbocycles. The van der Waals surface area contributed by atoms with Gasteiger partial charge in [-0.3, -0.25) is 14.6 Å². The standard InChI is InChI=1S/C24H28N4O2/c1-5-8-21(22(25-4)16(2)3)28-13-11-17(12-14-28)23(29)27-20-15-18-9-6-7-10-19(18)26-24(20)30/h5-10,15,17H,1-2,11-14H2,3-4H3,(H,26,30)(H,27,29)/b21-8+,25-22?. The summed E-state index contributed by atoms with van der Waals surface area (Å²) in [6.45, 7) is 11.2. The molecule has 0 atom stereocenters. The maximum Gasteiger partial charge on any atom is 0.272 e. The molecule has 0 saturated carbocycles. The van der Waals surface area contributed by atoms with Crippen LogP contribution in [0, 0.1) is 5.92 Å². The molecule has 2 heterocycles. The van der Waals surface area contributed by atoms with E-state index in [1.165, 1.54) is 0 Å². The van der Waals surface area contributed by atoms with Gasteiger partial charge in [0.15, 0.2) is 0 Å². The van der Waals surface area contributed by atoms with Crippen molar-refractivity contribution in [3.8, 4) is 0 Å². The second kappa shape index (κ2) is 9.39. The number of carbonyl (C=O) groups is 1. The number of aromatic amines is 1. The predicted octanol–water partition coefficient (Wildman–Crippen LogP) is 3.90. The van der Waals surface area contributed by atoms with E-state index in [9.17, 15) is 9.59 Å². The number of hydrogen-bond acceptors (Lipinski definition) is 4. The number of nitrogens with zero attached hydrogens (tertiary/aromatic N) is 2. The summed E-state index contributed by atoms with van der Waals surface area (Å²) in [7, 11) is 1.75. The van der Waals surface area contributed by atoms with E-state index in [0.717, 1.165) is 41.0 Å². The van der Waals surface area contributed by atoms with Crippen LogP contribution in [0.2, 0.25) is 0 Å². The topological polar surface area (TPSA) is 77.6 Å². The molecule has 2 aromatic rings. The molecular formula is C24H28N4O2. The van der Waals surface area contributed by atoms with Crippen LogP contribution in [0.3, 0.4) is 0 Å². The molecule has 1 amide bonds. The number of carbonyl (C=O) groups excluding carboxylic acids is 1. The van der Waals surface area contributed by atoms with Crippen LogP contribution in [-0.4, -0.2) is 41.6 Å². The Kier molecular flexibility index (Phi) is 6.67. The van der Waals surface area contributed by atoms with Crippen molar-refractivity contribution in [2.45, 2.75) is 19.8 Å². The van der Waals surface area contributed by atoms with E-state index in [4.69, 9.17) is 0 Å². The molecule has 0 radical (unpaired) electrons. The average Bonchev–Trinajstić information content (AvgIpc) is 2.74. The smallest absolute Gasteiger partial charge is 0.272 e. The number of nitrogens with one attached hydrogen (secondary N) is 2. The largest absolute Gasteiger partial charge is 0.370 e. The van der Waals surface area contributed by atoms with Gasteiger partial charge in [0, 0.05) is 37.0 Å². The summed E-state index contributed by atoms with van der Waals surface area (Å²) in [5.41, 5.74) is 3.46. The fourth-order valence-corrected chi connectivity index (χ4v) is 3.83. The first-order valence-corrected chi connectivity index (χ1v) is 10.1. The third-order valence-electron chi connectivity index (χ3n) is 5.36. The number of benzene rings is 1. The molecule has 3 rings (SSSR count). The normalized spacial score (nSPS) is 15.9. The highest BCUT2D eigenvalue weighted by Gasteiger charge is 2.27. The van der Waals surface area contributed by atoms with E-state index < -0.39 is 0 Å². The summed E-state index contributed by atoms with van der Waals surface area (Å²) in [6.07, 6.45) is 5.07. The summed E-state index contributed by atoms with van der Waals surface area (Å²) in [6, 6.07) is 9.23. The number of likely N-dealkylation sites (tertiary alicyclic amines) is 1. The third kappa shape index (κ3) is 4.59. The van der Waals surface area contributed by atoms with Crippen molar-refractivity contribution in [1.82, 2.24) is 9.88 Å². The summed E-state index contributed by atoms with van der Waals surface area (Å²) in [5, 5.41) is 3.71. The Morgan fingerprint density at radius 3 is 2.63 bits per heavy atom. The van der Waals surface area contributed by atoms with Gasteiger partial charge in [-0.25, -0.2) is 0 Å². The lowest BCUT2D eigenvalue weighted by Gasteiger charge is -2.35. The zero-order valence-electron chi connectivity index (χ0n) is 17.6. The number of anilines is 1. The number of pyridine rings is 1. The maximum atomic E-state index is 12.8. The molecule has 0 bridgehead atoms. The van der Waals surface area contributed by atoms with Gasteiger partial charge in [-0.2, -0.15) is 0 Å². The van der Waals surface area contributed by atoms with Crippen molar-refractivity contribution >= 4 is 28.2 Å². The van der Waals surface area contributed by atoms with Crippen LogP contribution in [0.1, 0.15) is 19.8 Å². The lowest BCUT2D eigenvalue weighted by Crippen LogP contribution is -2.40. The highest BCUT2D eigenvalue weighted by molar-refractivity contribution is 6.11. The molecule has 2 N–H and O–H groups in total. The Balaban J connectivity index is 1.69. The van der Waals surface area contributed by atoms with Crippen molar-refractivity contribution in [2.75, 3.05) is 25.5 Å². The van der Waals surface area contributed by atoms with E-state index in [0.29, 0.717) is 12.8 Å².